The van der Waals surface area contributed by atoms with Gasteiger partial charge in [-0.2, -0.15) is 0 Å². The Bertz CT molecular complexity index is 253. The highest BCUT2D eigenvalue weighted by Gasteiger charge is 2.61. The minimum Gasteiger partial charge on any atom is -0.364 e. The predicted molar refractivity (Wildman–Crippen MR) is 64.2 cm³/mol. The number of likely N-dealkylation sites (tertiary alicyclic amines) is 1. The number of ether oxygens (including phenoxy) is 1. The van der Waals surface area contributed by atoms with Gasteiger partial charge in [-0.15, -0.1) is 0 Å². The van der Waals surface area contributed by atoms with Crippen molar-refractivity contribution in [2.75, 3.05) is 26.2 Å². The second-order valence-corrected chi connectivity index (χ2v) is 5.55. The SMILES string of the molecule is CCOC(C)N1C2CN(CC)CC1[C@@H]1CC21. The van der Waals surface area contributed by atoms with Crippen LogP contribution in [0.15, 0.2) is 0 Å². The lowest BCUT2D eigenvalue weighted by atomic mass is 10.1. The van der Waals surface area contributed by atoms with E-state index in [1.165, 1.54) is 26.1 Å². The Morgan fingerprint density at radius 1 is 1.19 bits per heavy atom. The molecule has 0 spiro atoms. The van der Waals surface area contributed by atoms with Gasteiger partial charge < -0.3 is 9.64 Å². The Morgan fingerprint density at radius 3 is 2.31 bits per heavy atom. The number of piperazine rings is 1. The molecule has 0 radical (unpaired) electrons. The summed E-state index contributed by atoms with van der Waals surface area (Å²) in [6.45, 7) is 11.2. The number of hydrogen-bond acceptors (Lipinski definition) is 3. The molecule has 3 heteroatoms. The summed E-state index contributed by atoms with van der Waals surface area (Å²) in [5, 5.41) is 0. The summed E-state index contributed by atoms with van der Waals surface area (Å²) in [5.74, 6) is 1.98. The molecule has 0 N–H and O–H groups in total. The molecule has 1 saturated carbocycles. The lowest BCUT2D eigenvalue weighted by molar-refractivity contribution is -0.102. The van der Waals surface area contributed by atoms with Gasteiger partial charge in [0.15, 0.2) is 0 Å². The molecule has 4 unspecified atom stereocenters. The summed E-state index contributed by atoms with van der Waals surface area (Å²) in [6.07, 6.45) is 1.81. The van der Waals surface area contributed by atoms with Crippen LogP contribution in [0.4, 0.5) is 0 Å². The van der Waals surface area contributed by atoms with E-state index in [1.54, 1.807) is 0 Å². The van der Waals surface area contributed by atoms with Crippen LogP contribution in [0.1, 0.15) is 27.2 Å². The van der Waals surface area contributed by atoms with Crippen LogP contribution in [0, 0.1) is 11.8 Å². The first-order valence-corrected chi connectivity index (χ1v) is 6.87. The van der Waals surface area contributed by atoms with Gasteiger partial charge in [0.05, 0.1) is 0 Å². The molecule has 3 rings (SSSR count). The van der Waals surface area contributed by atoms with Crippen LogP contribution in [0.5, 0.6) is 0 Å². The number of nitrogens with zero attached hydrogens (tertiary/aromatic N) is 2. The molecule has 0 aromatic carbocycles. The van der Waals surface area contributed by atoms with Gasteiger partial charge >= 0.3 is 0 Å². The topological polar surface area (TPSA) is 15.7 Å². The van der Waals surface area contributed by atoms with E-state index >= 15 is 0 Å². The van der Waals surface area contributed by atoms with Crippen molar-refractivity contribution in [3.05, 3.63) is 0 Å². The van der Waals surface area contributed by atoms with Gasteiger partial charge in [-0.3, -0.25) is 4.90 Å². The Morgan fingerprint density at radius 2 is 1.81 bits per heavy atom. The lowest BCUT2D eigenvalue weighted by Gasteiger charge is -2.45. The van der Waals surface area contributed by atoms with Crippen LogP contribution in [0.3, 0.4) is 0 Å². The van der Waals surface area contributed by atoms with Crippen molar-refractivity contribution in [2.45, 2.75) is 45.5 Å². The van der Waals surface area contributed by atoms with Crippen LogP contribution in [-0.2, 0) is 4.74 Å². The molecule has 5 atom stereocenters. The molecule has 2 saturated heterocycles. The second-order valence-electron chi connectivity index (χ2n) is 5.55. The van der Waals surface area contributed by atoms with Gasteiger partial charge in [0.25, 0.3) is 0 Å². The Kier molecular flexibility index (Phi) is 2.73. The fourth-order valence-electron chi connectivity index (χ4n) is 4.00. The smallest absolute Gasteiger partial charge is 0.108 e. The van der Waals surface area contributed by atoms with E-state index in [9.17, 15) is 0 Å². The van der Waals surface area contributed by atoms with Gasteiger partial charge in [0.2, 0.25) is 0 Å². The zero-order valence-corrected chi connectivity index (χ0v) is 10.7. The summed E-state index contributed by atoms with van der Waals surface area (Å²) in [4.78, 5) is 5.30. The zero-order valence-electron chi connectivity index (χ0n) is 10.7. The molecule has 92 valence electrons. The van der Waals surface area contributed by atoms with E-state index in [-0.39, 0.29) is 0 Å². The van der Waals surface area contributed by atoms with Crippen LogP contribution in [-0.4, -0.2) is 54.4 Å². The van der Waals surface area contributed by atoms with Crippen molar-refractivity contribution in [2.24, 2.45) is 11.8 Å². The molecule has 2 heterocycles. The third kappa shape index (κ3) is 1.52. The van der Waals surface area contributed by atoms with Crippen LogP contribution < -0.4 is 0 Å². The lowest BCUT2D eigenvalue weighted by Crippen LogP contribution is -2.59. The predicted octanol–water partition coefficient (Wildman–Crippen LogP) is 1.39. The molecule has 0 amide bonds. The molecule has 3 aliphatic rings. The maximum Gasteiger partial charge on any atom is 0.108 e. The highest BCUT2D eigenvalue weighted by atomic mass is 16.5. The number of hydrogen-bond donors (Lipinski definition) is 0. The summed E-state index contributed by atoms with van der Waals surface area (Å²) in [6, 6.07) is 1.57. The summed E-state index contributed by atoms with van der Waals surface area (Å²) >= 11 is 0. The van der Waals surface area contributed by atoms with Crippen LogP contribution >= 0.6 is 0 Å². The Balaban J connectivity index is 1.73. The van der Waals surface area contributed by atoms with E-state index in [0.717, 1.165) is 30.5 Å². The van der Waals surface area contributed by atoms with Gasteiger partial charge in [-0.25, -0.2) is 0 Å². The highest BCUT2D eigenvalue weighted by Crippen LogP contribution is 2.56. The second kappa shape index (κ2) is 3.97. The third-order valence-electron chi connectivity index (χ3n) is 4.81. The third-order valence-corrected chi connectivity index (χ3v) is 4.81. The number of piperidine rings is 1. The maximum absolute atomic E-state index is 5.81. The minimum absolute atomic E-state index is 0.326. The van der Waals surface area contributed by atoms with Crippen LogP contribution in [0.25, 0.3) is 0 Å². The average molecular weight is 224 g/mol. The van der Waals surface area contributed by atoms with Crippen molar-refractivity contribution in [1.82, 2.24) is 9.80 Å². The zero-order chi connectivity index (χ0) is 11.3. The molecule has 3 nitrogen and oxygen atoms in total. The van der Waals surface area contributed by atoms with Crippen molar-refractivity contribution in [1.29, 1.82) is 0 Å². The van der Waals surface area contributed by atoms with Gasteiger partial charge in [0.1, 0.15) is 6.23 Å². The van der Waals surface area contributed by atoms with Gasteiger partial charge in [-0.05, 0) is 38.6 Å². The molecule has 16 heavy (non-hydrogen) atoms. The number of likely N-dealkylation sites (N-methyl/N-ethyl adjacent to an activating group) is 1. The quantitative estimate of drug-likeness (QED) is 0.718. The minimum atomic E-state index is 0.326. The summed E-state index contributed by atoms with van der Waals surface area (Å²) in [7, 11) is 0. The number of rotatable bonds is 4. The van der Waals surface area contributed by atoms with Gasteiger partial charge in [-0.1, -0.05) is 6.92 Å². The Labute approximate surface area is 98.7 Å². The standard InChI is InChI=1S/C13H24N2O/c1-4-14-7-12-10-6-11(10)13(8-14)15(12)9(3)16-5-2/h9-13H,4-8H2,1-3H3/t9?,10-,11?,12?,13?/m1/s1. The molecule has 1 aliphatic carbocycles. The van der Waals surface area contributed by atoms with E-state index < -0.39 is 0 Å². The first kappa shape index (κ1) is 11.0. The van der Waals surface area contributed by atoms with E-state index in [2.05, 4.69) is 30.6 Å². The first-order chi connectivity index (χ1) is 7.76. The molecular formula is C13H24N2O. The Hall–Kier alpha value is -0.120. The maximum atomic E-state index is 5.81. The first-order valence-electron chi connectivity index (χ1n) is 6.87. The molecular weight excluding hydrogens is 200 g/mol. The normalized spacial score (nSPS) is 44.4. The fraction of sp³-hybridized carbons (Fsp3) is 1.00. The van der Waals surface area contributed by atoms with E-state index in [0.29, 0.717) is 6.23 Å². The molecule has 2 aliphatic heterocycles. The molecule has 3 fully saturated rings. The number of fused-ring (bicyclic) bond motifs is 5. The van der Waals surface area contributed by atoms with Crippen molar-refractivity contribution in [3.63, 3.8) is 0 Å². The van der Waals surface area contributed by atoms with E-state index in [4.69, 9.17) is 4.74 Å². The summed E-state index contributed by atoms with van der Waals surface area (Å²) in [5.41, 5.74) is 0. The monoisotopic (exact) mass is 224 g/mol. The van der Waals surface area contributed by atoms with Crippen molar-refractivity contribution >= 4 is 0 Å². The largest absolute Gasteiger partial charge is 0.364 e. The van der Waals surface area contributed by atoms with Crippen molar-refractivity contribution < 1.29 is 4.74 Å². The summed E-state index contributed by atoms with van der Waals surface area (Å²) < 4.78 is 5.81. The highest BCUT2D eigenvalue weighted by molar-refractivity contribution is 5.14. The van der Waals surface area contributed by atoms with Crippen molar-refractivity contribution in [3.8, 4) is 0 Å². The average Bonchev–Trinajstić information content (AvgIpc) is 3.03. The van der Waals surface area contributed by atoms with Gasteiger partial charge in [0, 0.05) is 31.8 Å². The molecule has 2 bridgehead atoms. The molecule has 0 aromatic heterocycles. The fourth-order valence-corrected chi connectivity index (χ4v) is 4.00. The molecule has 0 aromatic rings. The van der Waals surface area contributed by atoms with E-state index in [1.807, 2.05) is 0 Å². The van der Waals surface area contributed by atoms with Crippen LogP contribution in [0.2, 0.25) is 0 Å².